The van der Waals surface area contributed by atoms with Gasteiger partial charge in [0.2, 0.25) is 0 Å². The van der Waals surface area contributed by atoms with E-state index >= 15 is 0 Å². The SMILES string of the molecule is CN(C)[Si](C)=O.CN(C)[Si](C)=O.[H-].[K+]. The summed E-state index contributed by atoms with van der Waals surface area (Å²) in [5.74, 6) is 0. The Morgan fingerprint density at radius 1 is 0.846 bits per heavy atom. The van der Waals surface area contributed by atoms with E-state index in [1.54, 1.807) is 50.4 Å². The van der Waals surface area contributed by atoms with E-state index in [-0.39, 0.29) is 52.8 Å². The van der Waals surface area contributed by atoms with E-state index in [2.05, 4.69) is 0 Å². The predicted octanol–water partition coefficient (Wildman–Crippen LogP) is -2.69. The second-order valence-electron chi connectivity index (χ2n) is 2.83. The van der Waals surface area contributed by atoms with Gasteiger partial charge in [-0.15, -0.1) is 0 Å². The van der Waals surface area contributed by atoms with Gasteiger partial charge in [0.15, 0.2) is 0 Å². The molecule has 0 N–H and O–H groups in total. The molecule has 0 aliphatic rings. The average molecular weight is 246 g/mol. The third-order valence-corrected chi connectivity index (χ3v) is 3.78. The van der Waals surface area contributed by atoms with E-state index in [9.17, 15) is 8.92 Å². The van der Waals surface area contributed by atoms with E-state index in [1.165, 1.54) is 0 Å². The van der Waals surface area contributed by atoms with Crippen LogP contribution in [0.1, 0.15) is 1.43 Å². The molecule has 13 heavy (non-hydrogen) atoms. The Morgan fingerprint density at radius 3 is 0.923 bits per heavy atom. The molecule has 0 rings (SSSR count). The Balaban J connectivity index is -0.0000000625. The van der Waals surface area contributed by atoms with Crippen LogP contribution in [0.4, 0.5) is 0 Å². The summed E-state index contributed by atoms with van der Waals surface area (Å²) in [6.07, 6.45) is 0. The monoisotopic (exact) mass is 246 g/mol. The van der Waals surface area contributed by atoms with Crippen molar-refractivity contribution in [2.24, 2.45) is 0 Å². The summed E-state index contributed by atoms with van der Waals surface area (Å²) in [4.78, 5) is 0. The molecule has 0 fully saturated rings. The topological polar surface area (TPSA) is 40.6 Å². The summed E-state index contributed by atoms with van der Waals surface area (Å²) >= 11 is 0. The van der Waals surface area contributed by atoms with Crippen LogP contribution >= 0.6 is 0 Å². The molecule has 0 aliphatic heterocycles. The first-order valence-electron chi connectivity index (χ1n) is 3.64. The molecule has 0 aliphatic carbocycles. The second kappa shape index (κ2) is 11.3. The van der Waals surface area contributed by atoms with Crippen LogP contribution in [0.25, 0.3) is 0 Å². The van der Waals surface area contributed by atoms with Crippen molar-refractivity contribution in [1.29, 1.82) is 0 Å². The molecule has 0 radical (unpaired) electrons. The van der Waals surface area contributed by atoms with Gasteiger partial charge in [0.1, 0.15) is 0 Å². The summed E-state index contributed by atoms with van der Waals surface area (Å²) in [5.41, 5.74) is 0. The van der Waals surface area contributed by atoms with Gasteiger partial charge in [-0.1, -0.05) is 0 Å². The maximum absolute atomic E-state index is 10.3. The van der Waals surface area contributed by atoms with E-state index in [1.807, 2.05) is 0 Å². The fourth-order valence-corrected chi connectivity index (χ4v) is 0. The third kappa shape index (κ3) is 19.6. The summed E-state index contributed by atoms with van der Waals surface area (Å²) in [6.45, 7) is 3.43. The van der Waals surface area contributed by atoms with Crippen LogP contribution in [0.15, 0.2) is 0 Å². The van der Waals surface area contributed by atoms with Gasteiger partial charge in [0.05, 0.1) is 0 Å². The largest absolute Gasteiger partial charge is 1.00 e. The van der Waals surface area contributed by atoms with Crippen molar-refractivity contribution in [3.63, 3.8) is 0 Å². The molecule has 0 atom stereocenters. The molecule has 0 aromatic carbocycles. The van der Waals surface area contributed by atoms with Gasteiger partial charge < -0.3 is 19.5 Å². The van der Waals surface area contributed by atoms with Crippen molar-refractivity contribution in [2.45, 2.75) is 13.1 Å². The van der Waals surface area contributed by atoms with Gasteiger partial charge >= 0.3 is 69.1 Å². The molecule has 0 amide bonds. The first kappa shape index (κ1) is 19.8. The zero-order chi connectivity index (χ0) is 10.3. The molecule has 0 heterocycles. The zero-order valence-electron chi connectivity index (χ0n) is 10.7. The van der Waals surface area contributed by atoms with Crippen LogP contribution in [0.2, 0.25) is 13.1 Å². The van der Waals surface area contributed by atoms with Crippen LogP contribution in [0.3, 0.4) is 0 Å². The van der Waals surface area contributed by atoms with Gasteiger partial charge in [-0.3, -0.25) is 0 Å². The minimum atomic E-state index is -1.37. The van der Waals surface area contributed by atoms with Crippen molar-refractivity contribution in [1.82, 2.24) is 9.13 Å². The van der Waals surface area contributed by atoms with Crippen molar-refractivity contribution < 1.29 is 61.7 Å². The molecule has 0 saturated carbocycles. The minimum absolute atomic E-state index is 0. The standard InChI is InChI=1S/2C3H9NOSi.K.H/c2*1-4(2)6(3)5;;/h2*1-3H3;;/q;;+1;-1. The molecule has 74 valence electrons. The fraction of sp³-hybridized carbons (Fsp3) is 1.00. The molecular weight excluding hydrogens is 227 g/mol. The molecule has 0 aromatic rings. The van der Waals surface area contributed by atoms with Gasteiger partial charge in [-0.25, -0.2) is 0 Å². The molecule has 0 unspecified atom stereocenters. The van der Waals surface area contributed by atoms with E-state index < -0.39 is 17.7 Å². The molecule has 4 nitrogen and oxygen atoms in total. The van der Waals surface area contributed by atoms with Gasteiger partial charge in [-0.2, -0.15) is 0 Å². The predicted molar refractivity (Wildman–Crippen MR) is 53.1 cm³/mol. The normalized spacial score (nSPS) is 7.23. The summed E-state index contributed by atoms with van der Waals surface area (Å²) in [5, 5.41) is 0. The van der Waals surface area contributed by atoms with E-state index in [0.717, 1.165) is 0 Å². The maximum atomic E-state index is 10.3. The quantitative estimate of drug-likeness (QED) is 0.498. The molecular formula is C6H19KN2O2Si2. The van der Waals surface area contributed by atoms with Crippen molar-refractivity contribution in [3.05, 3.63) is 0 Å². The summed E-state index contributed by atoms with van der Waals surface area (Å²) < 4.78 is 23.9. The van der Waals surface area contributed by atoms with Crippen LogP contribution in [0, 0.1) is 0 Å². The summed E-state index contributed by atoms with van der Waals surface area (Å²) in [6, 6.07) is 0. The first-order chi connectivity index (χ1) is 5.29. The van der Waals surface area contributed by atoms with Crippen LogP contribution in [-0.2, 0) is 8.92 Å². The Kier molecular flexibility index (Phi) is 17.3. The molecule has 0 aromatic heterocycles. The minimum Gasteiger partial charge on any atom is -1.00 e. The Labute approximate surface area is 128 Å². The van der Waals surface area contributed by atoms with Gasteiger partial charge in [-0.05, 0) is 41.3 Å². The number of hydrogen-bond donors (Lipinski definition) is 0. The first-order valence-corrected chi connectivity index (χ1v) is 7.36. The Bertz CT molecular complexity index is 152. The third-order valence-electron chi connectivity index (χ3n) is 1.26. The second-order valence-corrected chi connectivity index (χ2v) is 6.69. The van der Waals surface area contributed by atoms with E-state index in [4.69, 9.17) is 0 Å². The Hall–Kier alpha value is 1.27. The number of nitrogens with zero attached hydrogens (tertiary/aromatic N) is 2. The molecule has 0 saturated heterocycles. The smallest absolute Gasteiger partial charge is 1.00 e. The molecule has 7 heteroatoms. The zero-order valence-corrected chi connectivity index (χ0v) is 14.8. The van der Waals surface area contributed by atoms with E-state index in [0.29, 0.717) is 0 Å². The van der Waals surface area contributed by atoms with Gasteiger partial charge in [0.25, 0.3) is 0 Å². The van der Waals surface area contributed by atoms with Crippen molar-refractivity contribution >= 4 is 17.7 Å². The Morgan fingerprint density at radius 2 is 0.923 bits per heavy atom. The fourth-order valence-electron chi connectivity index (χ4n) is 0. The average Bonchev–Trinajstić information content (AvgIpc) is 1.88. The van der Waals surface area contributed by atoms with Crippen LogP contribution in [0.5, 0.6) is 0 Å². The molecule has 0 bridgehead atoms. The van der Waals surface area contributed by atoms with Crippen molar-refractivity contribution in [2.75, 3.05) is 28.2 Å². The summed E-state index contributed by atoms with van der Waals surface area (Å²) in [7, 11) is 4.49. The maximum Gasteiger partial charge on any atom is 1.00 e. The molecule has 0 spiro atoms. The van der Waals surface area contributed by atoms with Crippen LogP contribution < -0.4 is 51.4 Å². The number of rotatable bonds is 2. The van der Waals surface area contributed by atoms with Crippen LogP contribution in [-0.4, -0.2) is 55.0 Å². The van der Waals surface area contributed by atoms with Gasteiger partial charge in [0, 0.05) is 0 Å². The number of hydrogen-bond acceptors (Lipinski definition) is 2. The van der Waals surface area contributed by atoms with Crippen molar-refractivity contribution in [3.8, 4) is 0 Å².